The van der Waals surface area contributed by atoms with Crippen LogP contribution in [0.15, 0.2) is 119 Å². The normalized spacial score (nSPS) is 19.4. The maximum atomic E-state index is 2.86. The van der Waals surface area contributed by atoms with E-state index in [1.165, 1.54) is 16.7 Å². The second kappa shape index (κ2) is 13.5. The molecule has 0 saturated heterocycles. The first kappa shape index (κ1) is 39.5. The summed E-state index contributed by atoms with van der Waals surface area (Å²) in [5.41, 5.74) is 10.9. The third-order valence-corrected chi connectivity index (χ3v) is 23.6. The van der Waals surface area contributed by atoms with Gasteiger partial charge in [-0.3, -0.25) is 0 Å². The first-order valence-electron chi connectivity index (χ1n) is 19.5. The summed E-state index contributed by atoms with van der Waals surface area (Å²) in [5.74, 6) is 0. The molecule has 0 N–H and O–H groups in total. The second-order valence-electron chi connectivity index (χ2n) is 20.6. The van der Waals surface area contributed by atoms with Crippen molar-refractivity contribution in [2.45, 2.75) is 117 Å². The van der Waals surface area contributed by atoms with Crippen molar-refractivity contribution in [2.24, 2.45) is 5.41 Å². The van der Waals surface area contributed by atoms with Crippen LogP contribution in [0.3, 0.4) is 0 Å². The van der Waals surface area contributed by atoms with Crippen LogP contribution < -0.4 is 15.6 Å². The number of hydrogen-bond acceptors (Lipinski definition) is 0. The summed E-state index contributed by atoms with van der Waals surface area (Å²) in [4.78, 5) is 0. The molecule has 0 aromatic heterocycles. The number of allylic oxidation sites excluding steroid dienone is 8. The molecule has 3 aliphatic carbocycles. The van der Waals surface area contributed by atoms with Gasteiger partial charge in [-0.1, -0.05) is 0 Å². The van der Waals surface area contributed by atoms with Crippen LogP contribution in [-0.4, -0.2) is 27.4 Å². The second-order valence-corrected chi connectivity index (χ2v) is 39.0. The quantitative estimate of drug-likeness (QED) is 0.209. The predicted octanol–water partition coefficient (Wildman–Crippen LogP) is 11.3. The van der Waals surface area contributed by atoms with Crippen molar-refractivity contribution < 1.29 is 22.8 Å². The molecule has 0 nitrogen and oxygen atoms in total. The predicted molar refractivity (Wildman–Crippen MR) is 236 cm³/mol. The van der Waals surface area contributed by atoms with Crippen LogP contribution in [0.2, 0.25) is 64.0 Å². The molecule has 0 heterocycles. The van der Waals surface area contributed by atoms with Gasteiger partial charge in [0, 0.05) is 0 Å². The minimum absolute atomic E-state index is 0.000290. The zero-order valence-electron chi connectivity index (χ0n) is 34.9. The van der Waals surface area contributed by atoms with Gasteiger partial charge >= 0.3 is 333 Å². The van der Waals surface area contributed by atoms with Crippen molar-refractivity contribution in [2.75, 3.05) is 0 Å². The summed E-state index contributed by atoms with van der Waals surface area (Å²) in [5, 5.41) is 6.61. The average Bonchev–Trinajstić information content (AvgIpc) is 3.67. The molecule has 0 radical (unpaired) electrons. The molecule has 1 atom stereocenters. The Morgan fingerprint density at radius 1 is 0.712 bits per heavy atom. The molecule has 3 aromatic carbocycles. The molecule has 0 spiro atoms. The van der Waals surface area contributed by atoms with Crippen molar-refractivity contribution in [3.05, 3.63) is 146 Å². The first-order chi connectivity index (χ1) is 24.0. The fourth-order valence-corrected chi connectivity index (χ4v) is 23.9. The van der Waals surface area contributed by atoms with Gasteiger partial charge in [-0.25, -0.2) is 0 Å². The van der Waals surface area contributed by atoms with E-state index in [-0.39, 0.29) is 15.9 Å². The molecule has 52 heavy (non-hydrogen) atoms. The van der Waals surface area contributed by atoms with Gasteiger partial charge < -0.3 is 0 Å². The van der Waals surface area contributed by atoms with E-state index in [0.29, 0.717) is 0 Å². The Hall–Kier alpha value is -2.24. The molecule has 1 unspecified atom stereocenters. The molecule has 0 aliphatic heterocycles. The van der Waals surface area contributed by atoms with E-state index < -0.39 is 47.0 Å². The molecule has 6 rings (SSSR count). The summed E-state index contributed by atoms with van der Waals surface area (Å²) in [6.07, 6.45) is 11.2. The van der Waals surface area contributed by atoms with Crippen molar-refractivity contribution in [3.8, 4) is 0 Å². The van der Waals surface area contributed by atoms with Crippen LogP contribution in [-0.2, 0) is 28.2 Å². The van der Waals surface area contributed by atoms with Gasteiger partial charge in [0.25, 0.3) is 0 Å². The molecule has 3 aliphatic rings. The molecule has 4 heteroatoms. The van der Waals surface area contributed by atoms with Crippen LogP contribution in [0.25, 0.3) is 8.85 Å². The molecular formula is C48H63Si3Zr. The molecular weight excluding hydrogens is 752 g/mol. The van der Waals surface area contributed by atoms with E-state index >= 15 is 0 Å². The fraction of sp³-hybridized carbons (Fsp3) is 0.396. The molecule has 0 saturated carbocycles. The van der Waals surface area contributed by atoms with Crippen LogP contribution >= 0.6 is 0 Å². The van der Waals surface area contributed by atoms with Gasteiger partial charge in [0.05, 0.1) is 0 Å². The number of benzene rings is 3. The number of hydrogen-bond donors (Lipinski definition) is 0. The summed E-state index contributed by atoms with van der Waals surface area (Å²) in [7, 11) is -5.59. The molecule has 271 valence electrons. The van der Waals surface area contributed by atoms with E-state index in [4.69, 9.17) is 0 Å². The fourth-order valence-electron chi connectivity index (χ4n) is 9.80. The van der Waals surface area contributed by atoms with Crippen LogP contribution in [0.1, 0.15) is 64.7 Å². The third-order valence-electron chi connectivity index (χ3n) is 11.7. The zero-order chi connectivity index (χ0) is 38.2. The van der Waals surface area contributed by atoms with Crippen molar-refractivity contribution in [3.63, 3.8) is 0 Å². The average molecular weight is 816 g/mol. The Labute approximate surface area is 330 Å². The monoisotopic (exact) mass is 813 g/mol. The van der Waals surface area contributed by atoms with Crippen LogP contribution in [0.5, 0.6) is 0 Å². The third kappa shape index (κ3) is 6.71. The molecule has 0 amide bonds. The first-order valence-corrected chi connectivity index (χ1v) is 32.5. The maximum absolute atomic E-state index is 2.86. The van der Waals surface area contributed by atoms with E-state index in [1.807, 2.05) is 0 Å². The van der Waals surface area contributed by atoms with Gasteiger partial charge in [-0.15, -0.1) is 0 Å². The van der Waals surface area contributed by atoms with Gasteiger partial charge in [-0.2, -0.15) is 0 Å². The SMILES string of the molecule is CC(C)(C)c1cc([Si](C)(C)C)c2c(c1)=[C]([Zr]=[C](c1ccccc1)c1ccccc1)C1=C(C3=CC=CC3)C(C(C)(C)C)([Si](C)(C)C)C([Si](C)(C)C)=CC=21. The minimum atomic E-state index is -1.96. The topological polar surface area (TPSA) is 0 Å². The van der Waals surface area contributed by atoms with Gasteiger partial charge in [0.1, 0.15) is 0 Å². The van der Waals surface area contributed by atoms with Crippen molar-refractivity contribution >= 4 is 41.5 Å². The van der Waals surface area contributed by atoms with Crippen LogP contribution in [0, 0.1) is 5.41 Å². The summed E-state index contributed by atoms with van der Waals surface area (Å²) < 4.78 is 3.30. The van der Waals surface area contributed by atoms with E-state index in [9.17, 15) is 0 Å². The molecule has 0 fully saturated rings. The standard InChI is InChI=1S/C35H53Si3.C13H10.Zr/c1-33(2,3)26-20-25-21-28-27(31(25)29(22-26)36(7,8)9)23-30(37(10,11)12)35(34(4,5)6,38(13,14)15)32(28)24-18-16-17-19-24;1-3-7-12(8-4-1)11-13-9-5-2-6-10-13;/h16-18,20,22-23H,19H2,1-15H3;1-10H;. The van der Waals surface area contributed by atoms with E-state index in [1.54, 1.807) is 49.6 Å². The van der Waals surface area contributed by atoms with Crippen molar-refractivity contribution in [1.82, 2.24) is 0 Å². The van der Waals surface area contributed by atoms with Gasteiger partial charge in [0.2, 0.25) is 0 Å². The Morgan fingerprint density at radius 3 is 1.69 bits per heavy atom. The summed E-state index contributed by atoms with van der Waals surface area (Å²) in [6.45, 7) is 38.8. The zero-order valence-corrected chi connectivity index (χ0v) is 40.4. The Bertz CT molecular complexity index is 2140. The molecule has 3 aromatic rings. The summed E-state index contributed by atoms with van der Waals surface area (Å²) >= 11 is -1.44. The van der Waals surface area contributed by atoms with Gasteiger partial charge in [-0.05, 0) is 0 Å². The van der Waals surface area contributed by atoms with E-state index in [2.05, 4.69) is 198 Å². The Balaban J connectivity index is 1.99. The van der Waals surface area contributed by atoms with E-state index in [0.717, 1.165) is 6.42 Å². The number of rotatable bonds is 7. The number of fused-ring (bicyclic) bond motifs is 2. The summed E-state index contributed by atoms with van der Waals surface area (Å²) in [6, 6.07) is 28.1. The van der Waals surface area contributed by atoms with Crippen molar-refractivity contribution in [1.29, 1.82) is 0 Å². The Kier molecular flexibility index (Phi) is 10.2. The molecule has 0 bridgehead atoms. The Morgan fingerprint density at radius 2 is 1.27 bits per heavy atom. The van der Waals surface area contributed by atoms with Crippen LogP contribution in [0.4, 0.5) is 0 Å². The van der Waals surface area contributed by atoms with Gasteiger partial charge in [0.15, 0.2) is 0 Å².